The summed E-state index contributed by atoms with van der Waals surface area (Å²) in [6.07, 6.45) is 13.3. The largest absolute Gasteiger partial charge is 0.0864 e. The molecule has 0 amide bonds. The van der Waals surface area contributed by atoms with Gasteiger partial charge in [0, 0.05) is 0 Å². The highest BCUT2D eigenvalue weighted by molar-refractivity contribution is 14.1. The zero-order chi connectivity index (χ0) is 11.8. The predicted molar refractivity (Wildman–Crippen MR) is 82.3 cm³/mol. The molecule has 0 heterocycles. The number of hydrogen-bond donors (Lipinski definition) is 0. The molecule has 1 rings (SSSR count). The van der Waals surface area contributed by atoms with Gasteiger partial charge in [-0.05, 0) is 35.0 Å². The molecule has 0 aliphatic heterocycles. The van der Waals surface area contributed by atoms with Gasteiger partial charge in [0.25, 0.3) is 0 Å². The molecule has 0 spiro atoms. The summed E-state index contributed by atoms with van der Waals surface area (Å²) in [4.78, 5) is 0. The summed E-state index contributed by atoms with van der Waals surface area (Å²) in [7, 11) is 0. The van der Waals surface area contributed by atoms with E-state index in [9.17, 15) is 0 Å². The highest BCUT2D eigenvalue weighted by Crippen LogP contribution is 2.41. The monoisotopic (exact) mass is 336 g/mol. The minimum atomic E-state index is 0.993. The standard InChI is InChI=1S/C15H29I/c1-3-4-9-14-10-7-11-15(14)13(2)8-5-6-12-16/h13-15H,3-12H2,1-2H3/t13?,14?,15-/m1/s1. The van der Waals surface area contributed by atoms with E-state index in [0.29, 0.717) is 0 Å². The number of alkyl halides is 1. The minimum Gasteiger partial charge on any atom is -0.0864 e. The second-order valence-corrected chi connectivity index (χ2v) is 6.74. The third kappa shape index (κ3) is 4.93. The molecule has 0 aromatic rings. The average molecular weight is 336 g/mol. The maximum Gasteiger partial charge on any atom is -0.000473 e. The smallest absolute Gasteiger partial charge is 0.000473 e. The van der Waals surface area contributed by atoms with E-state index in [-0.39, 0.29) is 0 Å². The maximum absolute atomic E-state index is 2.52. The van der Waals surface area contributed by atoms with Gasteiger partial charge in [0.05, 0.1) is 0 Å². The number of rotatable bonds is 8. The summed E-state index contributed by atoms with van der Waals surface area (Å²) >= 11 is 2.50. The molecule has 0 bridgehead atoms. The Labute approximate surface area is 116 Å². The molecular formula is C15H29I. The number of hydrogen-bond acceptors (Lipinski definition) is 0. The highest BCUT2D eigenvalue weighted by Gasteiger charge is 2.30. The van der Waals surface area contributed by atoms with Gasteiger partial charge in [-0.15, -0.1) is 0 Å². The normalized spacial score (nSPS) is 27.2. The van der Waals surface area contributed by atoms with E-state index in [0.717, 1.165) is 17.8 Å². The second-order valence-electron chi connectivity index (χ2n) is 5.66. The van der Waals surface area contributed by atoms with Crippen LogP contribution >= 0.6 is 22.6 Å². The fraction of sp³-hybridized carbons (Fsp3) is 1.00. The molecule has 0 nitrogen and oxygen atoms in total. The Morgan fingerprint density at radius 2 is 2.00 bits per heavy atom. The third-order valence-corrected chi connectivity index (χ3v) is 5.18. The Bertz CT molecular complexity index is 167. The van der Waals surface area contributed by atoms with Gasteiger partial charge in [0.2, 0.25) is 0 Å². The lowest BCUT2D eigenvalue weighted by Crippen LogP contribution is -2.16. The Morgan fingerprint density at radius 1 is 1.19 bits per heavy atom. The van der Waals surface area contributed by atoms with Crippen molar-refractivity contribution in [1.82, 2.24) is 0 Å². The topological polar surface area (TPSA) is 0 Å². The van der Waals surface area contributed by atoms with Gasteiger partial charge >= 0.3 is 0 Å². The van der Waals surface area contributed by atoms with Gasteiger partial charge in [0.15, 0.2) is 0 Å². The van der Waals surface area contributed by atoms with Gasteiger partial charge in [-0.1, -0.05) is 81.4 Å². The lowest BCUT2D eigenvalue weighted by molar-refractivity contribution is 0.246. The minimum absolute atomic E-state index is 0.993. The predicted octanol–water partition coefficient (Wildman–Crippen LogP) is 5.83. The van der Waals surface area contributed by atoms with Crippen LogP contribution in [0.5, 0.6) is 0 Å². The first kappa shape index (κ1) is 14.8. The lowest BCUT2D eigenvalue weighted by Gasteiger charge is -2.26. The van der Waals surface area contributed by atoms with E-state index >= 15 is 0 Å². The molecule has 96 valence electrons. The average Bonchev–Trinajstić information content (AvgIpc) is 2.74. The molecule has 2 unspecified atom stereocenters. The van der Waals surface area contributed by atoms with Gasteiger partial charge in [-0.3, -0.25) is 0 Å². The zero-order valence-corrected chi connectivity index (χ0v) is 13.3. The molecule has 0 saturated heterocycles. The van der Waals surface area contributed by atoms with Crippen LogP contribution in [0.1, 0.15) is 71.6 Å². The lowest BCUT2D eigenvalue weighted by atomic mass is 9.80. The van der Waals surface area contributed by atoms with Crippen LogP contribution in [-0.2, 0) is 0 Å². The van der Waals surface area contributed by atoms with Crippen LogP contribution in [0.15, 0.2) is 0 Å². The summed E-state index contributed by atoms with van der Waals surface area (Å²) in [5, 5.41) is 0. The number of unbranched alkanes of at least 4 members (excludes halogenated alkanes) is 2. The van der Waals surface area contributed by atoms with Gasteiger partial charge in [-0.2, -0.15) is 0 Å². The maximum atomic E-state index is 2.52. The molecule has 1 aliphatic rings. The summed E-state index contributed by atoms with van der Waals surface area (Å²) in [6.45, 7) is 4.84. The molecule has 1 aliphatic carbocycles. The molecular weight excluding hydrogens is 307 g/mol. The van der Waals surface area contributed by atoms with E-state index in [2.05, 4.69) is 36.4 Å². The van der Waals surface area contributed by atoms with Crippen molar-refractivity contribution in [2.24, 2.45) is 17.8 Å². The van der Waals surface area contributed by atoms with E-state index in [1.54, 1.807) is 0 Å². The van der Waals surface area contributed by atoms with Crippen LogP contribution < -0.4 is 0 Å². The molecule has 1 heteroatoms. The Kier molecular flexibility index (Phi) is 8.10. The van der Waals surface area contributed by atoms with E-state index in [1.807, 2.05) is 0 Å². The quantitative estimate of drug-likeness (QED) is 0.297. The van der Waals surface area contributed by atoms with E-state index < -0.39 is 0 Å². The Hall–Kier alpha value is 0.730. The summed E-state index contributed by atoms with van der Waals surface area (Å²) in [6, 6.07) is 0. The SMILES string of the molecule is CCCCC1CCC[C@@H]1C(C)CCCCI. The first-order valence-corrected chi connectivity index (χ1v) is 8.88. The van der Waals surface area contributed by atoms with Crippen LogP contribution in [0.4, 0.5) is 0 Å². The summed E-state index contributed by atoms with van der Waals surface area (Å²) in [5.74, 6) is 3.14. The van der Waals surface area contributed by atoms with Crippen molar-refractivity contribution in [2.75, 3.05) is 4.43 Å². The van der Waals surface area contributed by atoms with Gasteiger partial charge < -0.3 is 0 Å². The van der Waals surface area contributed by atoms with Crippen LogP contribution in [0.2, 0.25) is 0 Å². The van der Waals surface area contributed by atoms with Crippen molar-refractivity contribution in [3.8, 4) is 0 Å². The first-order chi connectivity index (χ1) is 7.79. The molecule has 3 atom stereocenters. The van der Waals surface area contributed by atoms with Crippen LogP contribution in [0, 0.1) is 17.8 Å². The van der Waals surface area contributed by atoms with E-state index in [4.69, 9.17) is 0 Å². The summed E-state index contributed by atoms with van der Waals surface area (Å²) < 4.78 is 1.34. The molecule has 0 N–H and O–H groups in total. The summed E-state index contributed by atoms with van der Waals surface area (Å²) in [5.41, 5.74) is 0. The van der Waals surface area contributed by atoms with Crippen molar-refractivity contribution < 1.29 is 0 Å². The zero-order valence-electron chi connectivity index (χ0n) is 11.2. The van der Waals surface area contributed by atoms with Gasteiger partial charge in [-0.25, -0.2) is 0 Å². The molecule has 1 saturated carbocycles. The fourth-order valence-electron chi connectivity index (χ4n) is 3.41. The van der Waals surface area contributed by atoms with Crippen molar-refractivity contribution in [2.45, 2.75) is 71.6 Å². The third-order valence-electron chi connectivity index (χ3n) is 4.42. The molecule has 0 aromatic heterocycles. The molecule has 0 radical (unpaired) electrons. The second kappa shape index (κ2) is 8.77. The van der Waals surface area contributed by atoms with Crippen molar-refractivity contribution in [1.29, 1.82) is 0 Å². The van der Waals surface area contributed by atoms with Crippen molar-refractivity contribution in [3.63, 3.8) is 0 Å². The molecule has 1 fully saturated rings. The van der Waals surface area contributed by atoms with Gasteiger partial charge in [0.1, 0.15) is 0 Å². The van der Waals surface area contributed by atoms with Crippen LogP contribution in [0.25, 0.3) is 0 Å². The molecule has 16 heavy (non-hydrogen) atoms. The van der Waals surface area contributed by atoms with Crippen molar-refractivity contribution in [3.05, 3.63) is 0 Å². The van der Waals surface area contributed by atoms with E-state index in [1.165, 1.54) is 62.2 Å². The fourth-order valence-corrected chi connectivity index (χ4v) is 3.95. The molecule has 0 aromatic carbocycles. The first-order valence-electron chi connectivity index (χ1n) is 7.35. The Morgan fingerprint density at radius 3 is 2.69 bits per heavy atom. The Balaban J connectivity index is 2.26. The number of halogens is 1. The van der Waals surface area contributed by atoms with Crippen LogP contribution in [0.3, 0.4) is 0 Å². The van der Waals surface area contributed by atoms with Crippen LogP contribution in [-0.4, -0.2) is 4.43 Å². The highest BCUT2D eigenvalue weighted by atomic mass is 127. The van der Waals surface area contributed by atoms with Crippen molar-refractivity contribution >= 4 is 22.6 Å².